The van der Waals surface area contributed by atoms with Gasteiger partial charge in [-0.3, -0.25) is 0 Å². The summed E-state index contributed by atoms with van der Waals surface area (Å²) in [5, 5.41) is 9.70. The van der Waals surface area contributed by atoms with E-state index in [-0.39, 0.29) is 18.7 Å². The van der Waals surface area contributed by atoms with Gasteiger partial charge in [0.1, 0.15) is 5.60 Å². The summed E-state index contributed by atoms with van der Waals surface area (Å²) in [6.07, 6.45) is 0.508. The number of nitrogens with two attached hydrogens (primary N) is 1. The Hall–Kier alpha value is -0.810. The van der Waals surface area contributed by atoms with Crippen molar-refractivity contribution < 1.29 is 14.6 Å². The van der Waals surface area contributed by atoms with E-state index < -0.39 is 11.7 Å². The molecule has 94 valence electrons. The zero-order chi connectivity index (χ0) is 12.3. The van der Waals surface area contributed by atoms with Gasteiger partial charge in [0.15, 0.2) is 0 Å². The van der Waals surface area contributed by atoms with E-state index in [1.165, 1.54) is 4.90 Å². The highest BCUT2D eigenvalue weighted by Gasteiger charge is 2.28. The number of rotatable bonds is 0. The molecule has 1 aliphatic heterocycles. The topological polar surface area (TPSA) is 75.8 Å². The van der Waals surface area contributed by atoms with E-state index in [4.69, 9.17) is 10.5 Å². The molecule has 0 aliphatic carbocycles. The summed E-state index contributed by atoms with van der Waals surface area (Å²) in [4.78, 5) is 13.3. The molecule has 0 radical (unpaired) electrons. The maximum absolute atomic E-state index is 11.8. The third-order valence-corrected chi connectivity index (χ3v) is 2.52. The summed E-state index contributed by atoms with van der Waals surface area (Å²) in [6.45, 7) is 6.33. The van der Waals surface area contributed by atoms with Crippen LogP contribution in [-0.2, 0) is 4.74 Å². The molecule has 1 saturated heterocycles. The Morgan fingerprint density at radius 1 is 1.50 bits per heavy atom. The van der Waals surface area contributed by atoms with Gasteiger partial charge in [-0.1, -0.05) is 0 Å². The lowest BCUT2D eigenvalue weighted by atomic mass is 10.1. The second-order valence-electron chi connectivity index (χ2n) is 5.30. The molecule has 0 saturated carbocycles. The second kappa shape index (κ2) is 5.01. The van der Waals surface area contributed by atoms with Gasteiger partial charge in [0.05, 0.1) is 12.6 Å². The van der Waals surface area contributed by atoms with Gasteiger partial charge in [0.2, 0.25) is 0 Å². The molecule has 2 atom stereocenters. The highest BCUT2D eigenvalue weighted by atomic mass is 16.6. The molecule has 0 unspecified atom stereocenters. The Bertz CT molecular complexity index is 250. The largest absolute Gasteiger partial charge is 0.444 e. The lowest BCUT2D eigenvalue weighted by Crippen LogP contribution is -2.44. The van der Waals surface area contributed by atoms with E-state index in [9.17, 15) is 9.90 Å². The van der Waals surface area contributed by atoms with Crippen LogP contribution in [0.1, 0.15) is 33.6 Å². The van der Waals surface area contributed by atoms with Crippen LogP contribution in [0.3, 0.4) is 0 Å². The van der Waals surface area contributed by atoms with Crippen molar-refractivity contribution >= 4 is 6.09 Å². The molecule has 3 N–H and O–H groups in total. The van der Waals surface area contributed by atoms with E-state index in [0.717, 1.165) is 12.8 Å². The van der Waals surface area contributed by atoms with Gasteiger partial charge in [0.25, 0.3) is 0 Å². The molecule has 1 aliphatic rings. The average molecular weight is 230 g/mol. The zero-order valence-electron chi connectivity index (χ0n) is 10.3. The highest BCUT2D eigenvalue weighted by Crippen LogP contribution is 2.14. The summed E-state index contributed by atoms with van der Waals surface area (Å²) in [5.74, 6) is 0. The van der Waals surface area contributed by atoms with Gasteiger partial charge in [-0.05, 0) is 33.6 Å². The number of carbonyl (C=O) groups is 1. The smallest absolute Gasteiger partial charge is 0.410 e. The van der Waals surface area contributed by atoms with E-state index in [1.807, 2.05) is 20.8 Å². The summed E-state index contributed by atoms with van der Waals surface area (Å²) in [6, 6.07) is -0.243. The van der Waals surface area contributed by atoms with Crippen LogP contribution < -0.4 is 5.73 Å². The average Bonchev–Trinajstić information content (AvgIpc) is 2.27. The molecule has 1 fully saturated rings. The Labute approximate surface area is 96.6 Å². The lowest BCUT2D eigenvalue weighted by Gasteiger charge is -2.27. The minimum absolute atomic E-state index is 0.243. The molecule has 5 nitrogen and oxygen atoms in total. The Kier molecular flexibility index (Phi) is 4.15. The van der Waals surface area contributed by atoms with Gasteiger partial charge < -0.3 is 20.5 Å². The number of hydrogen-bond acceptors (Lipinski definition) is 4. The molecule has 1 rings (SSSR count). The van der Waals surface area contributed by atoms with Gasteiger partial charge in [-0.25, -0.2) is 4.79 Å². The molecule has 1 amide bonds. The first kappa shape index (κ1) is 13.3. The normalized spacial score (nSPS) is 27.4. The molecule has 0 aromatic rings. The van der Waals surface area contributed by atoms with Crippen LogP contribution in [0, 0.1) is 0 Å². The van der Waals surface area contributed by atoms with E-state index in [0.29, 0.717) is 6.54 Å². The summed E-state index contributed by atoms with van der Waals surface area (Å²) in [7, 11) is 0. The van der Waals surface area contributed by atoms with Crippen molar-refractivity contribution in [3.05, 3.63) is 0 Å². The zero-order valence-corrected chi connectivity index (χ0v) is 10.3. The van der Waals surface area contributed by atoms with Crippen molar-refractivity contribution in [3.8, 4) is 0 Å². The van der Waals surface area contributed by atoms with Crippen LogP contribution in [0.5, 0.6) is 0 Å². The third-order valence-electron chi connectivity index (χ3n) is 2.52. The highest BCUT2D eigenvalue weighted by molar-refractivity contribution is 5.68. The number of carbonyl (C=O) groups excluding carboxylic acids is 1. The second-order valence-corrected chi connectivity index (χ2v) is 5.30. The van der Waals surface area contributed by atoms with Gasteiger partial charge in [-0.2, -0.15) is 0 Å². The number of amides is 1. The number of likely N-dealkylation sites (tertiary alicyclic amines) is 1. The summed E-state index contributed by atoms with van der Waals surface area (Å²) < 4.78 is 5.25. The molecular weight excluding hydrogens is 208 g/mol. The quantitative estimate of drug-likeness (QED) is 0.642. The first-order chi connectivity index (χ1) is 7.29. The van der Waals surface area contributed by atoms with Gasteiger partial charge >= 0.3 is 6.09 Å². The van der Waals surface area contributed by atoms with Crippen LogP contribution in [0.4, 0.5) is 4.79 Å². The number of ether oxygens (including phenoxy) is 1. The fraction of sp³-hybridized carbons (Fsp3) is 0.909. The van der Waals surface area contributed by atoms with Crippen LogP contribution in [0.25, 0.3) is 0 Å². The third kappa shape index (κ3) is 3.98. The monoisotopic (exact) mass is 230 g/mol. The molecular formula is C11H22N2O3. The van der Waals surface area contributed by atoms with Crippen LogP contribution in [0.15, 0.2) is 0 Å². The first-order valence-corrected chi connectivity index (χ1v) is 5.71. The number of nitrogens with zero attached hydrogens (tertiary/aromatic N) is 1. The lowest BCUT2D eigenvalue weighted by molar-refractivity contribution is 0.0163. The maximum Gasteiger partial charge on any atom is 0.410 e. The Balaban J connectivity index is 2.56. The number of aliphatic hydroxyl groups excluding tert-OH is 1. The van der Waals surface area contributed by atoms with E-state index in [2.05, 4.69) is 0 Å². The fourth-order valence-electron chi connectivity index (χ4n) is 1.66. The van der Waals surface area contributed by atoms with Crippen molar-refractivity contribution in [2.24, 2.45) is 5.73 Å². The van der Waals surface area contributed by atoms with Crippen LogP contribution >= 0.6 is 0 Å². The minimum atomic E-state index is -0.657. The van der Waals surface area contributed by atoms with E-state index in [1.54, 1.807) is 0 Å². The summed E-state index contributed by atoms with van der Waals surface area (Å²) in [5.41, 5.74) is 5.24. The number of hydrogen-bond donors (Lipinski definition) is 2. The van der Waals surface area contributed by atoms with Gasteiger partial charge in [-0.15, -0.1) is 0 Å². The van der Waals surface area contributed by atoms with Crippen molar-refractivity contribution in [2.45, 2.75) is 51.4 Å². The minimum Gasteiger partial charge on any atom is -0.444 e. The molecule has 0 spiro atoms. The Morgan fingerprint density at radius 2 is 2.12 bits per heavy atom. The predicted octanol–water partition coefficient (Wildman–Crippen LogP) is 0.706. The van der Waals surface area contributed by atoms with Crippen molar-refractivity contribution in [1.82, 2.24) is 4.90 Å². The van der Waals surface area contributed by atoms with Gasteiger partial charge in [0, 0.05) is 12.6 Å². The molecule has 0 aromatic heterocycles. The van der Waals surface area contributed by atoms with Crippen LogP contribution in [-0.4, -0.2) is 46.9 Å². The fourth-order valence-corrected chi connectivity index (χ4v) is 1.66. The standard InChI is InChI=1S/C11H22N2O3/c1-11(2,3)16-10(15)13-6-4-5-8(12)9(14)7-13/h8-9,14H,4-7,12H2,1-3H3/t8-,9+/m1/s1. The molecule has 0 bridgehead atoms. The maximum atomic E-state index is 11.8. The number of aliphatic hydroxyl groups is 1. The van der Waals surface area contributed by atoms with Crippen LogP contribution in [0.2, 0.25) is 0 Å². The van der Waals surface area contributed by atoms with Crippen molar-refractivity contribution in [3.63, 3.8) is 0 Å². The number of β-amino-alcohol motifs (C(OH)–C–C–N with tert-alkyl or cyclic N) is 1. The van der Waals surface area contributed by atoms with E-state index >= 15 is 0 Å². The van der Waals surface area contributed by atoms with Crippen molar-refractivity contribution in [1.29, 1.82) is 0 Å². The molecule has 5 heteroatoms. The molecule has 0 aromatic carbocycles. The SMILES string of the molecule is CC(C)(C)OC(=O)N1CCC[C@@H](N)[C@@H](O)C1. The first-order valence-electron chi connectivity index (χ1n) is 5.71. The predicted molar refractivity (Wildman–Crippen MR) is 61.0 cm³/mol. The molecule has 1 heterocycles. The molecule has 16 heavy (non-hydrogen) atoms. The summed E-state index contributed by atoms with van der Waals surface area (Å²) >= 11 is 0. The van der Waals surface area contributed by atoms with Crippen molar-refractivity contribution in [2.75, 3.05) is 13.1 Å². The Morgan fingerprint density at radius 3 is 2.69 bits per heavy atom.